The first kappa shape index (κ1) is 25.0. The summed E-state index contributed by atoms with van der Waals surface area (Å²) in [6.07, 6.45) is 0. The van der Waals surface area contributed by atoms with Crippen LogP contribution >= 0.6 is 0 Å². The summed E-state index contributed by atoms with van der Waals surface area (Å²) >= 11 is 0. The summed E-state index contributed by atoms with van der Waals surface area (Å²) in [6, 6.07) is 25.0. The van der Waals surface area contributed by atoms with Crippen LogP contribution in [0.4, 0.5) is 0 Å². The molecule has 0 saturated heterocycles. The third kappa shape index (κ3) is 4.14. The maximum atomic E-state index is 13.0. The summed E-state index contributed by atoms with van der Waals surface area (Å²) in [7, 11) is 1.28. The lowest BCUT2D eigenvalue weighted by Gasteiger charge is -2.31. The van der Waals surface area contributed by atoms with E-state index in [4.69, 9.17) is 14.2 Å². The van der Waals surface area contributed by atoms with E-state index in [1.165, 1.54) is 13.2 Å². The minimum absolute atomic E-state index is 0.224. The molecule has 1 atom stereocenters. The fourth-order valence-electron chi connectivity index (χ4n) is 4.81. The molecular weight excluding hydrogens is 480 g/mol. The number of fused-ring (bicyclic) bond motifs is 1. The highest BCUT2D eigenvalue weighted by atomic mass is 16.6. The van der Waals surface area contributed by atoms with Crippen LogP contribution in [0.25, 0.3) is 0 Å². The Hall–Kier alpha value is -4.71. The number of rotatable bonds is 5. The summed E-state index contributed by atoms with van der Waals surface area (Å²) < 4.78 is 16.6. The Labute approximate surface area is 220 Å². The van der Waals surface area contributed by atoms with Gasteiger partial charge in [-0.25, -0.2) is 14.4 Å². The van der Waals surface area contributed by atoms with Crippen LogP contribution in [0, 0.1) is 20.8 Å². The molecule has 190 valence electrons. The van der Waals surface area contributed by atoms with Crippen molar-refractivity contribution >= 4 is 17.9 Å². The van der Waals surface area contributed by atoms with E-state index in [0.29, 0.717) is 16.9 Å². The number of cyclic esters (lactones) is 1. The number of hydrogen-bond donors (Lipinski definition) is 0. The fraction of sp³-hybridized carbons (Fsp3) is 0.156. The van der Waals surface area contributed by atoms with E-state index in [2.05, 4.69) is 0 Å². The first-order valence-corrected chi connectivity index (χ1v) is 12.2. The van der Waals surface area contributed by atoms with Crippen molar-refractivity contribution in [2.45, 2.75) is 26.4 Å². The zero-order valence-electron chi connectivity index (χ0n) is 21.5. The van der Waals surface area contributed by atoms with Crippen LogP contribution in [0.3, 0.4) is 0 Å². The second-order valence-corrected chi connectivity index (χ2v) is 9.36. The van der Waals surface area contributed by atoms with Gasteiger partial charge >= 0.3 is 17.9 Å². The monoisotopic (exact) mass is 506 g/mol. The molecule has 0 saturated carbocycles. The zero-order valence-corrected chi connectivity index (χ0v) is 21.5. The van der Waals surface area contributed by atoms with Gasteiger partial charge < -0.3 is 14.2 Å². The zero-order chi connectivity index (χ0) is 27.0. The summed E-state index contributed by atoms with van der Waals surface area (Å²) in [4.78, 5) is 37.7. The third-order valence-corrected chi connectivity index (χ3v) is 6.99. The van der Waals surface area contributed by atoms with E-state index >= 15 is 0 Å². The average molecular weight is 507 g/mol. The molecule has 6 heteroatoms. The normalized spacial score (nSPS) is 15.9. The Morgan fingerprint density at radius 2 is 1.37 bits per heavy atom. The van der Waals surface area contributed by atoms with Gasteiger partial charge in [0, 0.05) is 16.7 Å². The molecule has 0 radical (unpaired) electrons. The number of esters is 3. The molecule has 4 aromatic rings. The van der Waals surface area contributed by atoms with Crippen LogP contribution in [0.5, 0.6) is 5.75 Å². The summed E-state index contributed by atoms with van der Waals surface area (Å²) in [6.45, 7) is 5.89. The van der Waals surface area contributed by atoms with Crippen LogP contribution in [-0.4, -0.2) is 25.0 Å². The number of ether oxygens (including phenoxy) is 3. The van der Waals surface area contributed by atoms with Gasteiger partial charge in [0.15, 0.2) is 5.60 Å². The maximum Gasteiger partial charge on any atom is 0.343 e. The second-order valence-electron chi connectivity index (χ2n) is 9.36. The highest BCUT2D eigenvalue weighted by Crippen LogP contribution is 2.48. The molecule has 6 nitrogen and oxygen atoms in total. The first-order valence-electron chi connectivity index (χ1n) is 12.2. The van der Waals surface area contributed by atoms with Crippen LogP contribution < -0.4 is 4.74 Å². The molecule has 1 aliphatic heterocycles. The largest absolute Gasteiger partial charge is 0.465 e. The molecule has 5 rings (SSSR count). The number of carbonyl (C=O) groups excluding carboxylic acids is 3. The Kier molecular flexibility index (Phi) is 6.33. The van der Waals surface area contributed by atoms with E-state index in [9.17, 15) is 14.4 Å². The van der Waals surface area contributed by atoms with Crippen molar-refractivity contribution in [3.8, 4) is 5.75 Å². The molecule has 38 heavy (non-hydrogen) atoms. The standard InChI is InChI=1S/C32H26O6/c1-19-12-13-24(16-20(19)2)32(27-11-6-5-10-26(27)31(35)38-32)25-14-15-28(21(3)17-25)37-30(34)23-9-7-8-22(18-23)29(33)36-4/h5-18H,1-4H3. The Morgan fingerprint density at radius 1 is 0.711 bits per heavy atom. The van der Waals surface area contributed by atoms with Gasteiger partial charge in [0.05, 0.1) is 23.8 Å². The molecule has 0 aliphatic carbocycles. The van der Waals surface area contributed by atoms with E-state index in [1.54, 1.807) is 30.3 Å². The van der Waals surface area contributed by atoms with Crippen molar-refractivity contribution in [1.82, 2.24) is 0 Å². The highest BCUT2D eigenvalue weighted by molar-refractivity contribution is 5.97. The lowest BCUT2D eigenvalue weighted by atomic mass is 9.78. The summed E-state index contributed by atoms with van der Waals surface area (Å²) in [5, 5.41) is 0. The van der Waals surface area contributed by atoms with Gasteiger partial charge in [-0.2, -0.15) is 0 Å². The lowest BCUT2D eigenvalue weighted by Crippen LogP contribution is -2.30. The molecule has 1 heterocycles. The average Bonchev–Trinajstić information content (AvgIpc) is 3.24. The van der Waals surface area contributed by atoms with E-state index in [1.807, 2.05) is 69.3 Å². The predicted octanol–water partition coefficient (Wildman–Crippen LogP) is 6.08. The van der Waals surface area contributed by atoms with Gasteiger partial charge in [-0.3, -0.25) is 0 Å². The van der Waals surface area contributed by atoms with Crippen LogP contribution in [0.2, 0.25) is 0 Å². The van der Waals surface area contributed by atoms with Crippen molar-refractivity contribution in [3.05, 3.63) is 135 Å². The fourth-order valence-corrected chi connectivity index (χ4v) is 4.81. The smallest absolute Gasteiger partial charge is 0.343 e. The molecule has 4 aromatic carbocycles. The van der Waals surface area contributed by atoms with Gasteiger partial charge in [-0.1, -0.05) is 48.5 Å². The van der Waals surface area contributed by atoms with Crippen LogP contribution in [0.1, 0.15) is 64.5 Å². The third-order valence-electron chi connectivity index (χ3n) is 6.99. The second kappa shape index (κ2) is 9.63. The highest BCUT2D eigenvalue weighted by Gasteiger charge is 2.48. The molecule has 0 N–H and O–H groups in total. The van der Waals surface area contributed by atoms with E-state index < -0.39 is 23.5 Å². The first-order chi connectivity index (χ1) is 18.2. The van der Waals surface area contributed by atoms with Gasteiger partial charge in [-0.05, 0) is 73.9 Å². The lowest BCUT2D eigenvalue weighted by molar-refractivity contribution is 0.0251. The Balaban J connectivity index is 1.55. The molecule has 0 fully saturated rings. The van der Waals surface area contributed by atoms with E-state index in [0.717, 1.165) is 27.8 Å². The number of hydrogen-bond acceptors (Lipinski definition) is 6. The quantitative estimate of drug-likeness (QED) is 0.241. The minimum Gasteiger partial charge on any atom is -0.465 e. The minimum atomic E-state index is -1.14. The number of aryl methyl sites for hydroxylation is 3. The molecular formula is C32H26O6. The van der Waals surface area contributed by atoms with Gasteiger partial charge in [-0.15, -0.1) is 0 Å². The number of carbonyl (C=O) groups is 3. The van der Waals surface area contributed by atoms with E-state index in [-0.39, 0.29) is 11.1 Å². The van der Waals surface area contributed by atoms with Gasteiger partial charge in [0.2, 0.25) is 0 Å². The summed E-state index contributed by atoms with van der Waals surface area (Å²) in [5.74, 6) is -1.18. The van der Waals surface area contributed by atoms with Crippen molar-refractivity contribution < 1.29 is 28.6 Å². The molecule has 0 amide bonds. The molecule has 1 unspecified atom stereocenters. The maximum absolute atomic E-state index is 13.0. The Morgan fingerprint density at radius 3 is 2.05 bits per heavy atom. The summed E-state index contributed by atoms with van der Waals surface area (Å²) in [5.41, 5.74) is 5.09. The van der Waals surface area contributed by atoms with Crippen molar-refractivity contribution in [2.24, 2.45) is 0 Å². The van der Waals surface area contributed by atoms with Crippen LogP contribution in [-0.2, 0) is 15.1 Å². The predicted molar refractivity (Wildman–Crippen MR) is 142 cm³/mol. The molecule has 0 aromatic heterocycles. The van der Waals surface area contributed by atoms with Crippen molar-refractivity contribution in [3.63, 3.8) is 0 Å². The Bertz CT molecular complexity index is 1600. The van der Waals surface area contributed by atoms with Crippen molar-refractivity contribution in [2.75, 3.05) is 7.11 Å². The SMILES string of the molecule is COC(=O)c1cccc(C(=O)Oc2ccc(C3(c4ccc(C)c(C)c4)OC(=O)c4ccccc43)cc2C)c1. The van der Waals surface area contributed by atoms with Crippen molar-refractivity contribution in [1.29, 1.82) is 0 Å². The number of benzene rings is 4. The van der Waals surface area contributed by atoms with Crippen LogP contribution in [0.15, 0.2) is 84.9 Å². The molecule has 0 spiro atoms. The van der Waals surface area contributed by atoms with Gasteiger partial charge in [0.25, 0.3) is 0 Å². The molecule has 0 bridgehead atoms. The topological polar surface area (TPSA) is 78.9 Å². The van der Waals surface area contributed by atoms with Gasteiger partial charge in [0.1, 0.15) is 5.75 Å². The number of methoxy groups -OCH3 is 1. The molecule has 1 aliphatic rings.